The number of nitro benzene ring substituents is 1. The van der Waals surface area contributed by atoms with Gasteiger partial charge in [-0.05, 0) is 25.3 Å². The van der Waals surface area contributed by atoms with Crippen molar-refractivity contribution in [2.24, 2.45) is 4.99 Å². The highest BCUT2D eigenvalue weighted by Gasteiger charge is 2.18. The predicted molar refractivity (Wildman–Crippen MR) is 58.4 cm³/mol. The zero-order valence-electron chi connectivity index (χ0n) is 8.35. The summed E-state index contributed by atoms with van der Waals surface area (Å²) in [6.45, 7) is 0.793. The molecule has 0 unspecified atom stereocenters. The maximum atomic E-state index is 10.8. The first-order chi connectivity index (χ1) is 7.29. The summed E-state index contributed by atoms with van der Waals surface area (Å²) in [6, 6.07) is 6.82. The molecule has 1 aliphatic rings. The van der Waals surface area contributed by atoms with Gasteiger partial charge in [0.05, 0.1) is 10.5 Å². The molecule has 0 bridgehead atoms. The van der Waals surface area contributed by atoms with Crippen molar-refractivity contribution in [3.05, 3.63) is 39.9 Å². The van der Waals surface area contributed by atoms with Gasteiger partial charge in [-0.3, -0.25) is 15.1 Å². The molecule has 4 heteroatoms. The Labute approximate surface area is 87.8 Å². The molecule has 1 aromatic carbocycles. The van der Waals surface area contributed by atoms with E-state index in [1.165, 1.54) is 6.07 Å². The Hall–Kier alpha value is -1.71. The van der Waals surface area contributed by atoms with Crippen LogP contribution in [0, 0.1) is 10.1 Å². The van der Waals surface area contributed by atoms with Crippen LogP contribution in [0.25, 0.3) is 0 Å². The fraction of sp³-hybridized carbons (Fsp3) is 0.364. The van der Waals surface area contributed by atoms with Gasteiger partial charge in [0.2, 0.25) is 0 Å². The number of hydrogen-bond donors (Lipinski definition) is 0. The molecule has 0 aliphatic carbocycles. The normalized spacial score (nSPS) is 15.9. The Balaban J connectivity index is 2.42. The molecule has 0 radical (unpaired) electrons. The summed E-state index contributed by atoms with van der Waals surface area (Å²) < 4.78 is 0. The molecule has 0 saturated heterocycles. The summed E-state index contributed by atoms with van der Waals surface area (Å²) in [7, 11) is 0. The summed E-state index contributed by atoms with van der Waals surface area (Å²) in [5.41, 5.74) is 1.73. The minimum Gasteiger partial charge on any atom is -0.289 e. The minimum atomic E-state index is -0.341. The Bertz CT molecular complexity index is 413. The van der Waals surface area contributed by atoms with Crippen LogP contribution in [0.2, 0.25) is 0 Å². The lowest BCUT2D eigenvalue weighted by atomic mass is 10.0. The molecule has 0 N–H and O–H groups in total. The molecule has 0 fully saturated rings. The monoisotopic (exact) mass is 204 g/mol. The molecule has 78 valence electrons. The van der Waals surface area contributed by atoms with Gasteiger partial charge in [-0.1, -0.05) is 12.1 Å². The zero-order chi connectivity index (χ0) is 10.7. The Morgan fingerprint density at radius 1 is 1.27 bits per heavy atom. The van der Waals surface area contributed by atoms with Crippen LogP contribution in [-0.2, 0) is 0 Å². The van der Waals surface area contributed by atoms with Crippen LogP contribution in [0.5, 0.6) is 0 Å². The van der Waals surface area contributed by atoms with Gasteiger partial charge in [0, 0.05) is 18.3 Å². The van der Waals surface area contributed by atoms with Gasteiger partial charge < -0.3 is 0 Å². The van der Waals surface area contributed by atoms with E-state index >= 15 is 0 Å². The van der Waals surface area contributed by atoms with Crippen molar-refractivity contribution >= 4 is 11.4 Å². The molecule has 4 nitrogen and oxygen atoms in total. The molecule has 2 rings (SSSR count). The van der Waals surface area contributed by atoms with Crippen molar-refractivity contribution in [2.75, 3.05) is 6.54 Å². The number of nitro groups is 1. The number of nitrogens with zero attached hydrogens (tertiary/aromatic N) is 2. The van der Waals surface area contributed by atoms with E-state index in [1.807, 2.05) is 6.07 Å². The Morgan fingerprint density at radius 2 is 2.07 bits per heavy atom. The zero-order valence-corrected chi connectivity index (χ0v) is 8.35. The van der Waals surface area contributed by atoms with Crippen LogP contribution in [0.15, 0.2) is 29.3 Å². The molecule has 1 heterocycles. The van der Waals surface area contributed by atoms with Crippen molar-refractivity contribution in [2.45, 2.75) is 19.3 Å². The SMILES string of the molecule is O=[N+]([O-])c1ccccc1C1=NCCCC1. The van der Waals surface area contributed by atoms with E-state index in [0.29, 0.717) is 5.56 Å². The van der Waals surface area contributed by atoms with E-state index in [2.05, 4.69) is 4.99 Å². The molecule has 1 aromatic rings. The number of benzene rings is 1. The van der Waals surface area contributed by atoms with Crippen molar-refractivity contribution in [1.29, 1.82) is 0 Å². The van der Waals surface area contributed by atoms with Crippen LogP contribution in [0.1, 0.15) is 24.8 Å². The summed E-state index contributed by atoms with van der Waals surface area (Å²) in [6.07, 6.45) is 3.01. The number of aliphatic imine (C=N–C) groups is 1. The van der Waals surface area contributed by atoms with Gasteiger partial charge in [0.15, 0.2) is 0 Å². The molecule has 0 atom stereocenters. The molecular formula is C11H12N2O2. The fourth-order valence-electron chi connectivity index (χ4n) is 1.79. The first-order valence-electron chi connectivity index (χ1n) is 5.06. The summed E-state index contributed by atoms with van der Waals surface area (Å²) in [4.78, 5) is 14.8. The van der Waals surface area contributed by atoms with E-state index in [0.717, 1.165) is 31.5 Å². The van der Waals surface area contributed by atoms with Crippen molar-refractivity contribution in [3.8, 4) is 0 Å². The average Bonchev–Trinajstić information content (AvgIpc) is 2.30. The minimum absolute atomic E-state index is 0.165. The van der Waals surface area contributed by atoms with Crippen LogP contribution in [0.3, 0.4) is 0 Å². The topological polar surface area (TPSA) is 55.5 Å². The highest BCUT2D eigenvalue weighted by molar-refractivity contribution is 6.04. The van der Waals surface area contributed by atoms with E-state index in [9.17, 15) is 10.1 Å². The number of rotatable bonds is 2. The van der Waals surface area contributed by atoms with Gasteiger partial charge in [0.25, 0.3) is 5.69 Å². The van der Waals surface area contributed by atoms with E-state index in [-0.39, 0.29) is 10.6 Å². The van der Waals surface area contributed by atoms with Gasteiger partial charge in [-0.2, -0.15) is 0 Å². The second-order valence-electron chi connectivity index (χ2n) is 3.56. The van der Waals surface area contributed by atoms with Crippen molar-refractivity contribution in [1.82, 2.24) is 0 Å². The molecule has 15 heavy (non-hydrogen) atoms. The molecule has 0 spiro atoms. The quantitative estimate of drug-likeness (QED) is 0.549. The molecule has 0 saturated carbocycles. The number of hydrogen-bond acceptors (Lipinski definition) is 3. The second-order valence-corrected chi connectivity index (χ2v) is 3.56. The third-order valence-corrected chi connectivity index (χ3v) is 2.54. The third kappa shape index (κ3) is 2.03. The van der Waals surface area contributed by atoms with E-state index in [1.54, 1.807) is 12.1 Å². The molecule has 0 amide bonds. The van der Waals surface area contributed by atoms with Crippen LogP contribution >= 0.6 is 0 Å². The molecule has 1 aliphatic heterocycles. The standard InChI is InChI=1S/C11H12N2O2/c14-13(15)11-7-2-1-5-9(11)10-6-3-4-8-12-10/h1-2,5,7H,3-4,6,8H2. The summed E-state index contributed by atoms with van der Waals surface area (Å²) in [5, 5.41) is 10.8. The lowest BCUT2D eigenvalue weighted by molar-refractivity contribution is -0.385. The van der Waals surface area contributed by atoms with E-state index < -0.39 is 0 Å². The lowest BCUT2D eigenvalue weighted by Gasteiger charge is -2.11. The molecular weight excluding hydrogens is 192 g/mol. The fourth-order valence-corrected chi connectivity index (χ4v) is 1.79. The van der Waals surface area contributed by atoms with Crippen LogP contribution in [-0.4, -0.2) is 17.2 Å². The third-order valence-electron chi connectivity index (χ3n) is 2.54. The summed E-state index contributed by atoms with van der Waals surface area (Å²) >= 11 is 0. The summed E-state index contributed by atoms with van der Waals surface area (Å²) in [5.74, 6) is 0. The number of para-hydroxylation sites is 1. The second kappa shape index (κ2) is 4.21. The highest BCUT2D eigenvalue weighted by atomic mass is 16.6. The van der Waals surface area contributed by atoms with Crippen LogP contribution < -0.4 is 0 Å². The van der Waals surface area contributed by atoms with Gasteiger partial charge in [0.1, 0.15) is 0 Å². The Morgan fingerprint density at radius 3 is 2.73 bits per heavy atom. The van der Waals surface area contributed by atoms with Gasteiger partial charge in [-0.15, -0.1) is 0 Å². The smallest absolute Gasteiger partial charge is 0.278 e. The predicted octanol–water partition coefficient (Wildman–Crippen LogP) is 2.57. The first-order valence-corrected chi connectivity index (χ1v) is 5.06. The maximum absolute atomic E-state index is 10.8. The van der Waals surface area contributed by atoms with Gasteiger partial charge >= 0.3 is 0 Å². The largest absolute Gasteiger partial charge is 0.289 e. The first kappa shape index (κ1) is 9.83. The lowest BCUT2D eigenvalue weighted by Crippen LogP contribution is -2.09. The van der Waals surface area contributed by atoms with E-state index in [4.69, 9.17) is 0 Å². The highest BCUT2D eigenvalue weighted by Crippen LogP contribution is 2.22. The van der Waals surface area contributed by atoms with Gasteiger partial charge in [-0.25, -0.2) is 0 Å². The maximum Gasteiger partial charge on any atom is 0.278 e. The van der Waals surface area contributed by atoms with Crippen molar-refractivity contribution < 1.29 is 4.92 Å². The molecule has 0 aromatic heterocycles. The van der Waals surface area contributed by atoms with Crippen LogP contribution in [0.4, 0.5) is 5.69 Å². The average molecular weight is 204 g/mol. The Kier molecular flexibility index (Phi) is 2.76. The van der Waals surface area contributed by atoms with Crippen molar-refractivity contribution in [3.63, 3.8) is 0 Å².